The maximum atomic E-state index is 9.11. The van der Waals surface area contributed by atoms with Gasteiger partial charge in [-0.1, -0.05) is 13.8 Å². The molecule has 1 rings (SSSR count). The van der Waals surface area contributed by atoms with Gasteiger partial charge in [0.15, 0.2) is 4.67 Å². The van der Waals surface area contributed by atoms with Crippen molar-refractivity contribution in [3.8, 4) is 0 Å². The van der Waals surface area contributed by atoms with Gasteiger partial charge in [-0.2, -0.15) is 0 Å². The summed E-state index contributed by atoms with van der Waals surface area (Å²) in [6.07, 6.45) is 0. The minimum absolute atomic E-state index is 0.0911. The first kappa shape index (κ1) is 9.81. The standard InChI is InChI=1S/C9H13BrO2/c1-6-4-7(10)12-8(6)9(2,3)5-11/h4,11H,5H2,1-3H3. The third-order valence-electron chi connectivity index (χ3n) is 1.90. The summed E-state index contributed by atoms with van der Waals surface area (Å²) < 4.78 is 6.15. The molecule has 0 atom stereocenters. The van der Waals surface area contributed by atoms with Gasteiger partial charge < -0.3 is 9.52 Å². The molecular weight excluding hydrogens is 220 g/mol. The SMILES string of the molecule is Cc1cc(Br)oc1C(C)(C)CO. The molecule has 1 heterocycles. The number of hydrogen-bond acceptors (Lipinski definition) is 2. The highest BCUT2D eigenvalue weighted by Crippen LogP contribution is 2.30. The second-order valence-corrected chi connectivity index (χ2v) is 4.39. The third-order valence-corrected chi connectivity index (χ3v) is 2.29. The molecule has 0 bridgehead atoms. The summed E-state index contributed by atoms with van der Waals surface area (Å²) in [5.74, 6) is 0.844. The fourth-order valence-corrected chi connectivity index (χ4v) is 1.69. The van der Waals surface area contributed by atoms with Crippen LogP contribution in [0.15, 0.2) is 15.2 Å². The molecule has 12 heavy (non-hydrogen) atoms. The van der Waals surface area contributed by atoms with E-state index < -0.39 is 0 Å². The topological polar surface area (TPSA) is 33.4 Å². The van der Waals surface area contributed by atoms with E-state index in [1.807, 2.05) is 26.8 Å². The lowest BCUT2D eigenvalue weighted by molar-refractivity contribution is 0.195. The minimum Gasteiger partial charge on any atom is -0.453 e. The van der Waals surface area contributed by atoms with E-state index in [0.29, 0.717) is 0 Å². The summed E-state index contributed by atoms with van der Waals surface area (Å²) in [6.45, 7) is 5.96. The quantitative estimate of drug-likeness (QED) is 0.851. The largest absolute Gasteiger partial charge is 0.453 e. The molecule has 0 saturated heterocycles. The van der Waals surface area contributed by atoms with E-state index in [4.69, 9.17) is 9.52 Å². The molecule has 3 heteroatoms. The van der Waals surface area contributed by atoms with Gasteiger partial charge in [-0.15, -0.1) is 0 Å². The van der Waals surface area contributed by atoms with E-state index in [1.54, 1.807) is 0 Å². The summed E-state index contributed by atoms with van der Waals surface area (Å²) in [7, 11) is 0. The van der Waals surface area contributed by atoms with Crippen LogP contribution in [-0.4, -0.2) is 11.7 Å². The molecule has 0 aromatic carbocycles. The van der Waals surface area contributed by atoms with E-state index in [9.17, 15) is 0 Å². The van der Waals surface area contributed by atoms with Gasteiger partial charge in [0, 0.05) is 5.41 Å². The zero-order valence-electron chi connectivity index (χ0n) is 7.52. The monoisotopic (exact) mass is 232 g/mol. The van der Waals surface area contributed by atoms with Crippen molar-refractivity contribution in [3.63, 3.8) is 0 Å². The second kappa shape index (κ2) is 3.23. The first-order valence-corrected chi connectivity index (χ1v) is 4.64. The molecule has 0 spiro atoms. The van der Waals surface area contributed by atoms with Gasteiger partial charge in [0.1, 0.15) is 5.76 Å². The van der Waals surface area contributed by atoms with Crippen LogP contribution in [0.4, 0.5) is 0 Å². The molecule has 0 aliphatic heterocycles. The third kappa shape index (κ3) is 1.72. The van der Waals surface area contributed by atoms with Crippen molar-refractivity contribution in [2.75, 3.05) is 6.61 Å². The Bertz CT molecular complexity index is 276. The van der Waals surface area contributed by atoms with Crippen LogP contribution in [0, 0.1) is 6.92 Å². The van der Waals surface area contributed by atoms with Crippen molar-refractivity contribution in [3.05, 3.63) is 22.1 Å². The van der Waals surface area contributed by atoms with Gasteiger partial charge in [0.25, 0.3) is 0 Å². The van der Waals surface area contributed by atoms with E-state index >= 15 is 0 Å². The number of aliphatic hydroxyl groups excluding tert-OH is 1. The van der Waals surface area contributed by atoms with Gasteiger partial charge in [-0.05, 0) is 34.5 Å². The lowest BCUT2D eigenvalue weighted by atomic mass is 9.89. The highest BCUT2D eigenvalue weighted by Gasteiger charge is 2.25. The maximum Gasteiger partial charge on any atom is 0.169 e. The molecule has 0 fully saturated rings. The fourth-order valence-electron chi connectivity index (χ4n) is 1.19. The van der Waals surface area contributed by atoms with E-state index in [2.05, 4.69) is 15.9 Å². The number of halogens is 1. The number of aliphatic hydroxyl groups is 1. The summed E-state index contributed by atoms with van der Waals surface area (Å²) >= 11 is 3.26. The van der Waals surface area contributed by atoms with Crippen molar-refractivity contribution < 1.29 is 9.52 Å². The van der Waals surface area contributed by atoms with Crippen molar-refractivity contribution in [2.45, 2.75) is 26.2 Å². The normalized spacial score (nSPS) is 12.1. The smallest absolute Gasteiger partial charge is 0.169 e. The zero-order chi connectivity index (χ0) is 9.35. The average Bonchev–Trinajstić information content (AvgIpc) is 2.31. The molecule has 0 aliphatic rings. The lowest BCUT2D eigenvalue weighted by Gasteiger charge is -2.19. The molecule has 0 radical (unpaired) electrons. The highest BCUT2D eigenvalue weighted by atomic mass is 79.9. The molecule has 0 amide bonds. The van der Waals surface area contributed by atoms with E-state index in [0.717, 1.165) is 16.0 Å². The molecule has 0 aliphatic carbocycles. The van der Waals surface area contributed by atoms with Crippen LogP contribution in [-0.2, 0) is 5.41 Å². The number of hydrogen-bond donors (Lipinski definition) is 1. The van der Waals surface area contributed by atoms with Crippen molar-refractivity contribution in [2.24, 2.45) is 0 Å². The second-order valence-electron chi connectivity index (χ2n) is 3.60. The van der Waals surface area contributed by atoms with Gasteiger partial charge in [-0.25, -0.2) is 0 Å². The maximum absolute atomic E-state index is 9.11. The van der Waals surface area contributed by atoms with Gasteiger partial charge in [-0.3, -0.25) is 0 Å². The number of furan rings is 1. The first-order chi connectivity index (χ1) is 5.47. The van der Waals surface area contributed by atoms with Gasteiger partial charge in [0.05, 0.1) is 6.61 Å². The van der Waals surface area contributed by atoms with Gasteiger partial charge in [0.2, 0.25) is 0 Å². The van der Waals surface area contributed by atoms with Crippen LogP contribution in [0.3, 0.4) is 0 Å². The van der Waals surface area contributed by atoms with E-state index in [-0.39, 0.29) is 12.0 Å². The van der Waals surface area contributed by atoms with Crippen LogP contribution in [0.5, 0.6) is 0 Å². The summed E-state index contributed by atoms with van der Waals surface area (Å²) in [4.78, 5) is 0. The van der Waals surface area contributed by atoms with Crippen molar-refractivity contribution in [1.29, 1.82) is 0 Å². The molecule has 0 saturated carbocycles. The lowest BCUT2D eigenvalue weighted by Crippen LogP contribution is -2.22. The molecule has 1 N–H and O–H groups in total. The first-order valence-electron chi connectivity index (χ1n) is 3.84. The average molecular weight is 233 g/mol. The molecule has 68 valence electrons. The molecule has 0 unspecified atom stereocenters. The summed E-state index contributed by atoms with van der Waals surface area (Å²) in [5.41, 5.74) is 0.775. The Morgan fingerprint density at radius 1 is 1.58 bits per heavy atom. The van der Waals surface area contributed by atoms with Gasteiger partial charge >= 0.3 is 0 Å². The zero-order valence-corrected chi connectivity index (χ0v) is 9.10. The fraction of sp³-hybridized carbons (Fsp3) is 0.556. The van der Waals surface area contributed by atoms with Crippen LogP contribution < -0.4 is 0 Å². The van der Waals surface area contributed by atoms with E-state index in [1.165, 1.54) is 0 Å². The summed E-state index contributed by atoms with van der Waals surface area (Å²) in [6, 6.07) is 1.91. The van der Waals surface area contributed by atoms with Crippen molar-refractivity contribution in [1.82, 2.24) is 0 Å². The molecule has 1 aromatic rings. The summed E-state index contributed by atoms with van der Waals surface area (Å²) in [5, 5.41) is 9.11. The number of rotatable bonds is 2. The Hall–Kier alpha value is -0.280. The van der Waals surface area contributed by atoms with Crippen LogP contribution in [0.25, 0.3) is 0 Å². The predicted molar refractivity (Wildman–Crippen MR) is 51.3 cm³/mol. The Labute approximate surface area is 80.7 Å². The number of aryl methyl sites for hydroxylation is 1. The molecular formula is C9H13BrO2. The Balaban J connectivity index is 3.09. The molecule has 1 aromatic heterocycles. The highest BCUT2D eigenvalue weighted by molar-refractivity contribution is 9.10. The Kier molecular flexibility index (Phi) is 2.64. The van der Waals surface area contributed by atoms with Crippen LogP contribution in [0.1, 0.15) is 25.2 Å². The minimum atomic E-state index is -0.296. The molecule has 2 nitrogen and oxygen atoms in total. The van der Waals surface area contributed by atoms with Crippen LogP contribution >= 0.6 is 15.9 Å². The Morgan fingerprint density at radius 3 is 2.50 bits per heavy atom. The predicted octanol–water partition coefficient (Wildman–Crippen LogP) is 2.62. The van der Waals surface area contributed by atoms with Crippen molar-refractivity contribution >= 4 is 15.9 Å². The Morgan fingerprint density at radius 2 is 2.17 bits per heavy atom. The van der Waals surface area contributed by atoms with Crippen LogP contribution in [0.2, 0.25) is 0 Å².